The zero-order valence-electron chi connectivity index (χ0n) is 8.51. The summed E-state index contributed by atoms with van der Waals surface area (Å²) in [6.45, 7) is 2.72. The predicted octanol–water partition coefficient (Wildman–Crippen LogP) is -0.410. The van der Waals surface area contributed by atoms with E-state index in [9.17, 15) is 10.2 Å². The summed E-state index contributed by atoms with van der Waals surface area (Å²) in [5, 5.41) is 27.3. The SMILES string of the molecule is CC(C)(O)O[C@@H]1CCC([C@H](O)CO)O1. The highest BCUT2D eigenvalue weighted by atomic mass is 16.7. The summed E-state index contributed by atoms with van der Waals surface area (Å²) in [5.41, 5.74) is 0. The number of hydrogen-bond donors (Lipinski definition) is 3. The third-order valence-corrected chi connectivity index (χ3v) is 2.05. The maximum Gasteiger partial charge on any atom is 0.162 e. The van der Waals surface area contributed by atoms with E-state index >= 15 is 0 Å². The third-order valence-electron chi connectivity index (χ3n) is 2.05. The van der Waals surface area contributed by atoms with Crippen molar-refractivity contribution >= 4 is 0 Å². The van der Waals surface area contributed by atoms with Crippen LogP contribution in [0, 0.1) is 0 Å². The van der Waals surface area contributed by atoms with Gasteiger partial charge >= 0.3 is 0 Å². The monoisotopic (exact) mass is 206 g/mol. The van der Waals surface area contributed by atoms with E-state index in [4.69, 9.17) is 14.6 Å². The van der Waals surface area contributed by atoms with Crippen LogP contribution in [0.1, 0.15) is 26.7 Å². The third kappa shape index (κ3) is 3.51. The van der Waals surface area contributed by atoms with Gasteiger partial charge in [-0.1, -0.05) is 0 Å². The fraction of sp³-hybridized carbons (Fsp3) is 1.00. The summed E-state index contributed by atoms with van der Waals surface area (Å²) in [5.74, 6) is -1.23. The number of aliphatic hydroxyl groups is 3. The molecule has 1 unspecified atom stereocenters. The molecule has 1 aliphatic heterocycles. The lowest BCUT2D eigenvalue weighted by atomic mass is 10.1. The summed E-state index contributed by atoms with van der Waals surface area (Å²) in [6.07, 6.45) is -0.521. The van der Waals surface area contributed by atoms with Gasteiger partial charge in [-0.3, -0.25) is 0 Å². The Kier molecular flexibility index (Phi) is 3.86. The van der Waals surface area contributed by atoms with Crippen molar-refractivity contribution in [1.82, 2.24) is 0 Å². The van der Waals surface area contributed by atoms with E-state index in [-0.39, 0.29) is 6.61 Å². The molecule has 84 valence electrons. The second kappa shape index (κ2) is 4.55. The van der Waals surface area contributed by atoms with E-state index in [0.29, 0.717) is 12.8 Å². The molecule has 0 aromatic heterocycles. The molecule has 0 amide bonds. The number of aliphatic hydroxyl groups excluding tert-OH is 2. The van der Waals surface area contributed by atoms with Crippen molar-refractivity contribution in [2.24, 2.45) is 0 Å². The molecule has 1 aliphatic rings. The van der Waals surface area contributed by atoms with Gasteiger partial charge in [0, 0.05) is 6.42 Å². The Balaban J connectivity index is 2.34. The van der Waals surface area contributed by atoms with Crippen LogP contribution in [-0.2, 0) is 9.47 Å². The van der Waals surface area contributed by atoms with Gasteiger partial charge in [0.2, 0.25) is 0 Å². The molecular weight excluding hydrogens is 188 g/mol. The first-order valence-electron chi connectivity index (χ1n) is 4.77. The smallest absolute Gasteiger partial charge is 0.162 e. The van der Waals surface area contributed by atoms with Crippen molar-refractivity contribution in [2.75, 3.05) is 6.61 Å². The van der Waals surface area contributed by atoms with Crippen LogP contribution >= 0.6 is 0 Å². The van der Waals surface area contributed by atoms with Gasteiger partial charge in [-0.15, -0.1) is 0 Å². The van der Waals surface area contributed by atoms with Crippen molar-refractivity contribution in [3.63, 3.8) is 0 Å². The van der Waals surface area contributed by atoms with Gasteiger partial charge in [0.05, 0.1) is 12.7 Å². The molecule has 5 nitrogen and oxygen atoms in total. The van der Waals surface area contributed by atoms with Crippen molar-refractivity contribution in [2.45, 2.75) is 51.0 Å². The zero-order valence-corrected chi connectivity index (χ0v) is 8.51. The molecule has 1 heterocycles. The standard InChI is InChI=1S/C9H18O5/c1-9(2,12)14-8-4-3-7(13-8)6(11)5-10/h6-8,10-12H,3-5H2,1-2H3/t6-,7?,8-/m1/s1. The Morgan fingerprint density at radius 1 is 1.50 bits per heavy atom. The van der Waals surface area contributed by atoms with E-state index in [1.165, 1.54) is 13.8 Å². The molecule has 5 heteroatoms. The van der Waals surface area contributed by atoms with Gasteiger partial charge in [-0.25, -0.2) is 0 Å². The molecule has 0 saturated carbocycles. The van der Waals surface area contributed by atoms with Gasteiger partial charge in [-0.2, -0.15) is 0 Å². The van der Waals surface area contributed by atoms with Crippen LogP contribution in [0.4, 0.5) is 0 Å². The molecule has 0 aromatic carbocycles. The van der Waals surface area contributed by atoms with Gasteiger partial charge in [0.25, 0.3) is 0 Å². The highest BCUT2D eigenvalue weighted by Crippen LogP contribution is 2.25. The molecular formula is C9H18O5. The number of rotatable bonds is 4. The molecule has 3 N–H and O–H groups in total. The second-order valence-electron chi connectivity index (χ2n) is 4.00. The predicted molar refractivity (Wildman–Crippen MR) is 48.4 cm³/mol. The van der Waals surface area contributed by atoms with Crippen LogP contribution in [-0.4, -0.2) is 46.2 Å². The Morgan fingerprint density at radius 3 is 2.64 bits per heavy atom. The molecule has 1 fully saturated rings. The van der Waals surface area contributed by atoms with Gasteiger partial charge < -0.3 is 24.8 Å². The average molecular weight is 206 g/mol. The first-order chi connectivity index (χ1) is 6.42. The Bertz CT molecular complexity index is 177. The highest BCUT2D eigenvalue weighted by molar-refractivity contribution is 4.75. The van der Waals surface area contributed by atoms with Crippen molar-refractivity contribution < 1.29 is 24.8 Å². The summed E-state index contributed by atoms with van der Waals surface area (Å²) in [6, 6.07) is 0. The molecule has 14 heavy (non-hydrogen) atoms. The minimum absolute atomic E-state index is 0.320. The van der Waals surface area contributed by atoms with Gasteiger partial charge in [-0.05, 0) is 20.3 Å². The van der Waals surface area contributed by atoms with Crippen molar-refractivity contribution in [1.29, 1.82) is 0 Å². The molecule has 0 radical (unpaired) electrons. The lowest BCUT2D eigenvalue weighted by Crippen LogP contribution is -2.33. The largest absolute Gasteiger partial charge is 0.394 e. The number of ether oxygens (including phenoxy) is 2. The quantitative estimate of drug-likeness (QED) is 0.545. The lowest BCUT2D eigenvalue weighted by Gasteiger charge is -2.24. The van der Waals surface area contributed by atoms with Crippen molar-refractivity contribution in [3.05, 3.63) is 0 Å². The molecule has 1 rings (SSSR count). The van der Waals surface area contributed by atoms with Crippen molar-refractivity contribution in [3.8, 4) is 0 Å². The molecule has 0 spiro atoms. The number of hydrogen-bond acceptors (Lipinski definition) is 5. The van der Waals surface area contributed by atoms with E-state index in [2.05, 4.69) is 0 Å². The van der Waals surface area contributed by atoms with Crippen LogP contribution in [0.5, 0.6) is 0 Å². The first-order valence-corrected chi connectivity index (χ1v) is 4.77. The topological polar surface area (TPSA) is 79.2 Å². The van der Waals surface area contributed by atoms with Crippen LogP contribution in [0.3, 0.4) is 0 Å². The van der Waals surface area contributed by atoms with E-state index in [1.54, 1.807) is 0 Å². The summed E-state index contributed by atoms with van der Waals surface area (Å²) in [7, 11) is 0. The molecule has 0 aliphatic carbocycles. The van der Waals surface area contributed by atoms with Gasteiger partial charge in [0.1, 0.15) is 6.10 Å². The summed E-state index contributed by atoms with van der Waals surface area (Å²) < 4.78 is 10.5. The fourth-order valence-corrected chi connectivity index (χ4v) is 1.44. The second-order valence-corrected chi connectivity index (χ2v) is 4.00. The molecule has 3 atom stereocenters. The average Bonchev–Trinajstić information content (AvgIpc) is 2.48. The zero-order chi connectivity index (χ0) is 10.8. The minimum Gasteiger partial charge on any atom is -0.394 e. The fourth-order valence-electron chi connectivity index (χ4n) is 1.44. The van der Waals surface area contributed by atoms with Crippen LogP contribution in [0.2, 0.25) is 0 Å². The van der Waals surface area contributed by atoms with Gasteiger partial charge in [0.15, 0.2) is 12.1 Å². The summed E-state index contributed by atoms with van der Waals surface area (Å²) >= 11 is 0. The lowest BCUT2D eigenvalue weighted by molar-refractivity contribution is -0.273. The Morgan fingerprint density at radius 2 is 2.14 bits per heavy atom. The van der Waals surface area contributed by atoms with E-state index < -0.39 is 24.3 Å². The maximum atomic E-state index is 9.35. The Hall–Kier alpha value is -0.200. The normalized spacial score (nSPS) is 30.6. The highest BCUT2D eigenvalue weighted by Gasteiger charge is 2.33. The molecule has 0 aromatic rings. The maximum absolute atomic E-state index is 9.35. The molecule has 0 bridgehead atoms. The molecule has 1 saturated heterocycles. The van der Waals surface area contributed by atoms with E-state index in [1.807, 2.05) is 0 Å². The first kappa shape index (κ1) is 11.9. The van der Waals surface area contributed by atoms with Crippen LogP contribution < -0.4 is 0 Å². The van der Waals surface area contributed by atoms with E-state index in [0.717, 1.165) is 0 Å². The van der Waals surface area contributed by atoms with Crippen LogP contribution in [0.25, 0.3) is 0 Å². The van der Waals surface area contributed by atoms with Crippen LogP contribution in [0.15, 0.2) is 0 Å². The summed E-state index contributed by atoms with van der Waals surface area (Å²) in [4.78, 5) is 0. The Labute approximate surface area is 83.3 Å². The minimum atomic E-state index is -1.23.